The van der Waals surface area contributed by atoms with E-state index in [1.54, 1.807) is 0 Å². The Morgan fingerprint density at radius 2 is 2.00 bits per heavy atom. The van der Waals surface area contributed by atoms with Crippen LogP contribution in [0.1, 0.15) is 11.1 Å². The minimum absolute atomic E-state index is 0.0707. The van der Waals surface area contributed by atoms with Crippen molar-refractivity contribution in [3.05, 3.63) is 29.6 Å². The zero-order chi connectivity index (χ0) is 10.6. The molecule has 0 saturated carbocycles. The fourth-order valence-electron chi connectivity index (χ4n) is 0.763. The Bertz CT molecular complexity index is 432. The highest BCUT2D eigenvalue weighted by Crippen LogP contribution is 2.28. The van der Waals surface area contributed by atoms with Gasteiger partial charge < -0.3 is 0 Å². The fraction of sp³-hybridized carbons (Fsp3) is 0.111. The number of halogens is 3. The van der Waals surface area contributed by atoms with Crippen LogP contribution in [0.4, 0.5) is 13.2 Å². The first-order valence-electron chi connectivity index (χ1n) is 3.46. The molecule has 0 unspecified atom stereocenters. The third-order valence-electron chi connectivity index (χ3n) is 1.33. The van der Waals surface area contributed by atoms with Crippen molar-refractivity contribution in [1.82, 2.24) is 4.98 Å². The lowest BCUT2D eigenvalue weighted by molar-refractivity contribution is -0.137. The normalized spacial score (nSPS) is 9.86. The molecular weight excluding hydrogens is 193 g/mol. The lowest BCUT2D eigenvalue weighted by Gasteiger charge is -2.04. The summed E-state index contributed by atoms with van der Waals surface area (Å²) in [5, 5.41) is 8.09. The monoisotopic (exact) mass is 196 g/mol. The summed E-state index contributed by atoms with van der Waals surface area (Å²) in [5.74, 6) is 4.22. The summed E-state index contributed by atoms with van der Waals surface area (Å²) in [4.78, 5) is 3.37. The van der Waals surface area contributed by atoms with E-state index in [1.165, 1.54) is 12.3 Å². The van der Waals surface area contributed by atoms with Crippen LogP contribution in [0, 0.1) is 23.2 Å². The highest BCUT2D eigenvalue weighted by molar-refractivity contribution is 5.38. The summed E-state index contributed by atoms with van der Waals surface area (Å²) in [5.41, 5.74) is -0.802. The molecular formula is C9H3F3N2. The van der Waals surface area contributed by atoms with Crippen LogP contribution in [0.15, 0.2) is 18.5 Å². The molecule has 0 amide bonds. The first-order chi connectivity index (χ1) is 6.54. The Balaban J connectivity index is 3.09. The maximum atomic E-state index is 12.1. The maximum Gasteiger partial charge on any atom is 0.417 e. The van der Waals surface area contributed by atoms with Crippen LogP contribution in [0.5, 0.6) is 0 Å². The average molecular weight is 196 g/mol. The summed E-state index contributed by atoms with van der Waals surface area (Å²) in [7, 11) is 0. The van der Waals surface area contributed by atoms with Gasteiger partial charge in [0.05, 0.1) is 5.56 Å². The number of nitriles is 1. The van der Waals surface area contributed by atoms with E-state index < -0.39 is 11.7 Å². The highest BCUT2D eigenvalue weighted by atomic mass is 19.4. The van der Waals surface area contributed by atoms with E-state index in [1.807, 2.05) is 5.92 Å². The van der Waals surface area contributed by atoms with Gasteiger partial charge >= 0.3 is 6.18 Å². The van der Waals surface area contributed by atoms with E-state index in [9.17, 15) is 13.2 Å². The van der Waals surface area contributed by atoms with E-state index in [2.05, 4.69) is 10.9 Å². The van der Waals surface area contributed by atoms with Crippen LogP contribution in [0.2, 0.25) is 0 Å². The molecule has 0 N–H and O–H groups in total. The summed E-state index contributed by atoms with van der Waals surface area (Å²) in [6.07, 6.45) is -2.56. The first kappa shape index (κ1) is 10.1. The van der Waals surface area contributed by atoms with Crippen molar-refractivity contribution in [3.8, 4) is 17.9 Å². The van der Waals surface area contributed by atoms with E-state index in [4.69, 9.17) is 5.26 Å². The molecule has 0 aliphatic carbocycles. The van der Waals surface area contributed by atoms with E-state index in [-0.39, 0.29) is 5.56 Å². The average Bonchev–Trinajstić information content (AvgIpc) is 2.14. The van der Waals surface area contributed by atoms with Crippen molar-refractivity contribution < 1.29 is 13.2 Å². The van der Waals surface area contributed by atoms with Crippen LogP contribution >= 0.6 is 0 Å². The molecule has 1 aromatic heterocycles. The lowest BCUT2D eigenvalue weighted by Crippen LogP contribution is -2.05. The predicted octanol–water partition coefficient (Wildman–Crippen LogP) is 1.98. The molecule has 0 radical (unpaired) electrons. The molecule has 0 aliphatic rings. The summed E-state index contributed by atoms with van der Waals surface area (Å²) >= 11 is 0. The maximum absolute atomic E-state index is 12.1. The third-order valence-corrected chi connectivity index (χ3v) is 1.33. The van der Waals surface area contributed by atoms with Crippen LogP contribution < -0.4 is 0 Å². The fourth-order valence-corrected chi connectivity index (χ4v) is 0.763. The smallest absolute Gasteiger partial charge is 0.263 e. The topological polar surface area (TPSA) is 36.7 Å². The van der Waals surface area contributed by atoms with E-state index in [0.29, 0.717) is 6.20 Å². The molecule has 0 saturated heterocycles. The molecule has 5 heteroatoms. The molecule has 1 rings (SSSR count). The minimum Gasteiger partial charge on any atom is -0.263 e. The van der Waals surface area contributed by atoms with Gasteiger partial charge in [0.1, 0.15) is 0 Å². The molecule has 1 aromatic rings. The largest absolute Gasteiger partial charge is 0.417 e. The Morgan fingerprint density at radius 3 is 2.57 bits per heavy atom. The molecule has 0 atom stereocenters. The van der Waals surface area contributed by atoms with Crippen molar-refractivity contribution in [2.24, 2.45) is 0 Å². The third kappa shape index (κ3) is 2.49. The second-order valence-corrected chi connectivity index (χ2v) is 2.32. The van der Waals surface area contributed by atoms with Gasteiger partial charge in [-0.15, -0.1) is 0 Å². The van der Waals surface area contributed by atoms with E-state index in [0.717, 1.165) is 6.07 Å². The number of nitrogens with zero attached hydrogens (tertiary/aromatic N) is 2. The molecule has 2 nitrogen and oxygen atoms in total. The van der Waals surface area contributed by atoms with Gasteiger partial charge in [0.25, 0.3) is 0 Å². The zero-order valence-corrected chi connectivity index (χ0v) is 6.76. The van der Waals surface area contributed by atoms with Gasteiger partial charge in [-0.25, -0.2) is 0 Å². The van der Waals surface area contributed by atoms with Crippen molar-refractivity contribution in [2.45, 2.75) is 6.18 Å². The quantitative estimate of drug-likeness (QED) is 0.595. The molecule has 70 valence electrons. The molecule has 0 aromatic carbocycles. The first-order valence-corrected chi connectivity index (χ1v) is 3.46. The van der Waals surface area contributed by atoms with E-state index >= 15 is 0 Å². The molecule has 14 heavy (non-hydrogen) atoms. The number of alkyl halides is 3. The molecule has 0 aliphatic heterocycles. The number of aromatic nitrogens is 1. The Hall–Kier alpha value is -2.01. The predicted molar refractivity (Wildman–Crippen MR) is 41.7 cm³/mol. The SMILES string of the molecule is N#CC#Cc1cncc(C(F)(F)F)c1. The Labute approximate surface area is 78.0 Å². The van der Waals surface area contributed by atoms with Gasteiger partial charge in [-0.05, 0) is 12.0 Å². The second-order valence-electron chi connectivity index (χ2n) is 2.32. The zero-order valence-electron chi connectivity index (χ0n) is 6.76. The van der Waals surface area contributed by atoms with Crippen LogP contribution in [0.25, 0.3) is 0 Å². The van der Waals surface area contributed by atoms with Gasteiger partial charge in [0.2, 0.25) is 0 Å². The van der Waals surface area contributed by atoms with Crippen molar-refractivity contribution in [1.29, 1.82) is 5.26 Å². The standard InChI is InChI=1S/C9H3F3N2/c10-9(11,12)8-4-7(2-1-3-13)5-14-6-8/h4-6H. The summed E-state index contributed by atoms with van der Waals surface area (Å²) < 4.78 is 36.4. The molecule has 0 spiro atoms. The molecule has 0 fully saturated rings. The van der Waals surface area contributed by atoms with Gasteiger partial charge in [-0.2, -0.15) is 18.4 Å². The van der Waals surface area contributed by atoms with Crippen molar-refractivity contribution in [2.75, 3.05) is 0 Å². The Kier molecular flexibility index (Phi) is 2.73. The second kappa shape index (κ2) is 3.80. The van der Waals surface area contributed by atoms with Gasteiger partial charge in [0, 0.05) is 23.9 Å². The summed E-state index contributed by atoms with van der Waals surface area (Å²) in [6, 6.07) is 2.35. The van der Waals surface area contributed by atoms with Crippen LogP contribution in [-0.4, -0.2) is 4.98 Å². The minimum atomic E-state index is -4.43. The van der Waals surface area contributed by atoms with Crippen LogP contribution in [0.3, 0.4) is 0 Å². The van der Waals surface area contributed by atoms with Crippen molar-refractivity contribution in [3.63, 3.8) is 0 Å². The number of pyridine rings is 1. The van der Waals surface area contributed by atoms with Gasteiger partial charge in [-0.1, -0.05) is 0 Å². The number of hydrogen-bond acceptors (Lipinski definition) is 2. The highest BCUT2D eigenvalue weighted by Gasteiger charge is 2.30. The summed E-state index contributed by atoms with van der Waals surface area (Å²) in [6.45, 7) is 0. The van der Waals surface area contributed by atoms with Crippen LogP contribution in [-0.2, 0) is 6.18 Å². The molecule has 1 heterocycles. The van der Waals surface area contributed by atoms with Crippen molar-refractivity contribution >= 4 is 0 Å². The number of rotatable bonds is 0. The van der Waals surface area contributed by atoms with Gasteiger partial charge in [-0.3, -0.25) is 4.98 Å². The Morgan fingerprint density at radius 1 is 1.29 bits per heavy atom. The van der Waals surface area contributed by atoms with Gasteiger partial charge in [0.15, 0.2) is 6.07 Å². The lowest BCUT2D eigenvalue weighted by atomic mass is 10.2. The molecule has 0 bridgehead atoms. The number of hydrogen-bond donors (Lipinski definition) is 0.